The zero-order chi connectivity index (χ0) is 14.1. The van der Waals surface area contributed by atoms with Crippen molar-refractivity contribution in [3.05, 3.63) is 0 Å². The molecule has 1 rings (SSSR count). The van der Waals surface area contributed by atoms with E-state index < -0.39 is 5.97 Å². The predicted octanol–water partition coefficient (Wildman–Crippen LogP) is 1.69. The Kier molecular flexibility index (Phi) is 6.80. The topological polar surface area (TPSA) is 69.6 Å². The Hall–Kier alpha value is -1.70. The minimum Gasteiger partial charge on any atom is -0.481 e. The molecule has 0 aromatic carbocycles. The van der Waals surface area contributed by atoms with E-state index in [4.69, 9.17) is 5.11 Å². The first kappa shape index (κ1) is 15.4. The summed E-state index contributed by atoms with van der Waals surface area (Å²) in [6.45, 7) is 3.77. The van der Waals surface area contributed by atoms with Crippen LogP contribution < -0.4 is 5.32 Å². The summed E-state index contributed by atoms with van der Waals surface area (Å²) in [5, 5.41) is 11.5. The summed E-state index contributed by atoms with van der Waals surface area (Å²) in [4.78, 5) is 24.2. The molecule has 1 heterocycles. The summed E-state index contributed by atoms with van der Waals surface area (Å²) in [5.74, 6) is 5.23. The van der Waals surface area contributed by atoms with Gasteiger partial charge in [0.15, 0.2) is 0 Å². The van der Waals surface area contributed by atoms with Crippen molar-refractivity contribution in [2.45, 2.75) is 39.0 Å². The number of piperidine rings is 1. The molecule has 0 bridgehead atoms. The maximum absolute atomic E-state index is 11.9. The number of rotatable bonds is 5. The number of aliphatic carboxylic acids is 1. The molecule has 1 fully saturated rings. The van der Waals surface area contributed by atoms with Gasteiger partial charge in [0.05, 0.1) is 0 Å². The largest absolute Gasteiger partial charge is 0.481 e. The molecule has 0 aromatic rings. The number of carboxylic acid groups (broad SMARTS) is 1. The Labute approximate surface area is 114 Å². The van der Waals surface area contributed by atoms with E-state index in [9.17, 15) is 9.59 Å². The van der Waals surface area contributed by atoms with Crippen molar-refractivity contribution in [3.8, 4) is 11.8 Å². The van der Waals surface area contributed by atoms with Gasteiger partial charge in [0.25, 0.3) is 0 Å². The highest BCUT2D eigenvalue weighted by molar-refractivity contribution is 5.74. The molecule has 1 unspecified atom stereocenters. The number of nitrogens with one attached hydrogen (secondary N) is 1. The zero-order valence-electron chi connectivity index (χ0n) is 11.4. The summed E-state index contributed by atoms with van der Waals surface area (Å²) in [7, 11) is 0. The third-order valence-electron chi connectivity index (χ3n) is 3.28. The number of urea groups is 1. The second kappa shape index (κ2) is 8.41. The van der Waals surface area contributed by atoms with Crippen LogP contribution in [-0.4, -0.2) is 41.6 Å². The number of nitrogens with zero attached hydrogens (tertiary/aromatic N) is 1. The van der Waals surface area contributed by atoms with Gasteiger partial charge in [-0.05, 0) is 32.1 Å². The van der Waals surface area contributed by atoms with Gasteiger partial charge in [-0.1, -0.05) is 0 Å². The molecular formula is C14H22N2O3. The van der Waals surface area contributed by atoms with Crippen LogP contribution in [0.2, 0.25) is 0 Å². The molecule has 106 valence electrons. The smallest absolute Gasteiger partial charge is 0.317 e. The van der Waals surface area contributed by atoms with E-state index in [0.29, 0.717) is 31.8 Å². The first-order valence-electron chi connectivity index (χ1n) is 6.77. The number of carbonyl (C=O) groups is 2. The highest BCUT2D eigenvalue weighted by Gasteiger charge is 2.23. The third kappa shape index (κ3) is 6.14. The Morgan fingerprint density at radius 3 is 2.95 bits per heavy atom. The quantitative estimate of drug-likeness (QED) is 0.587. The molecule has 2 N–H and O–H groups in total. The SMILES string of the molecule is CC#CCCNC(=O)N1CCCC(CCC(=O)O)C1. The van der Waals surface area contributed by atoms with Crippen LogP contribution in [0.25, 0.3) is 0 Å². The summed E-state index contributed by atoms with van der Waals surface area (Å²) < 4.78 is 0. The van der Waals surface area contributed by atoms with Gasteiger partial charge in [0, 0.05) is 32.5 Å². The number of carboxylic acids is 1. The fourth-order valence-corrected chi connectivity index (χ4v) is 2.28. The molecule has 1 atom stereocenters. The maximum Gasteiger partial charge on any atom is 0.317 e. The molecule has 0 saturated carbocycles. The predicted molar refractivity (Wildman–Crippen MR) is 72.6 cm³/mol. The molecule has 5 nitrogen and oxygen atoms in total. The van der Waals surface area contributed by atoms with Gasteiger partial charge in [-0.15, -0.1) is 11.8 Å². The molecule has 1 aliphatic heterocycles. The lowest BCUT2D eigenvalue weighted by Gasteiger charge is -2.32. The van der Waals surface area contributed by atoms with E-state index in [1.807, 2.05) is 0 Å². The fourth-order valence-electron chi connectivity index (χ4n) is 2.28. The fraction of sp³-hybridized carbons (Fsp3) is 0.714. The molecule has 0 aromatic heterocycles. The number of carbonyl (C=O) groups excluding carboxylic acids is 1. The standard InChI is InChI=1S/C14H22N2O3/c1-2-3-4-9-15-14(19)16-10-5-6-12(11-16)7-8-13(17)18/h12H,4-11H2,1H3,(H,15,19)(H,17,18). The molecule has 5 heteroatoms. The summed E-state index contributed by atoms with van der Waals surface area (Å²) in [6, 6.07) is -0.0575. The van der Waals surface area contributed by atoms with E-state index in [0.717, 1.165) is 19.4 Å². The molecule has 0 aliphatic carbocycles. The summed E-state index contributed by atoms with van der Waals surface area (Å²) in [6.07, 6.45) is 3.47. The molecular weight excluding hydrogens is 244 g/mol. The Morgan fingerprint density at radius 1 is 1.47 bits per heavy atom. The Morgan fingerprint density at radius 2 is 2.26 bits per heavy atom. The van der Waals surface area contributed by atoms with Crippen molar-refractivity contribution < 1.29 is 14.7 Å². The average Bonchev–Trinajstić information content (AvgIpc) is 2.41. The maximum atomic E-state index is 11.9. The molecule has 2 amide bonds. The Balaban J connectivity index is 2.29. The minimum absolute atomic E-state index is 0.0575. The van der Waals surface area contributed by atoms with Gasteiger partial charge >= 0.3 is 12.0 Å². The molecule has 1 saturated heterocycles. The van der Waals surface area contributed by atoms with Gasteiger partial charge in [-0.25, -0.2) is 4.79 Å². The highest BCUT2D eigenvalue weighted by Crippen LogP contribution is 2.20. The summed E-state index contributed by atoms with van der Waals surface area (Å²) >= 11 is 0. The van der Waals surface area contributed by atoms with E-state index in [1.54, 1.807) is 11.8 Å². The van der Waals surface area contributed by atoms with Gasteiger partial charge in [-0.3, -0.25) is 4.79 Å². The first-order valence-corrected chi connectivity index (χ1v) is 6.77. The van der Waals surface area contributed by atoms with Crippen LogP contribution in [0.1, 0.15) is 39.0 Å². The van der Waals surface area contributed by atoms with Crippen molar-refractivity contribution in [1.29, 1.82) is 0 Å². The van der Waals surface area contributed by atoms with E-state index >= 15 is 0 Å². The van der Waals surface area contributed by atoms with Gasteiger partial charge in [-0.2, -0.15) is 0 Å². The van der Waals surface area contributed by atoms with Crippen molar-refractivity contribution in [3.63, 3.8) is 0 Å². The number of hydrogen-bond acceptors (Lipinski definition) is 2. The van der Waals surface area contributed by atoms with E-state index in [2.05, 4.69) is 17.2 Å². The van der Waals surface area contributed by atoms with Crippen LogP contribution in [0.15, 0.2) is 0 Å². The van der Waals surface area contributed by atoms with Gasteiger partial charge in [0.2, 0.25) is 0 Å². The molecule has 0 spiro atoms. The molecule has 19 heavy (non-hydrogen) atoms. The normalized spacial score (nSPS) is 18.4. The average molecular weight is 266 g/mol. The Bertz CT molecular complexity index is 371. The van der Waals surface area contributed by atoms with Crippen molar-refractivity contribution in [1.82, 2.24) is 10.2 Å². The van der Waals surface area contributed by atoms with Crippen molar-refractivity contribution >= 4 is 12.0 Å². The minimum atomic E-state index is -0.764. The number of hydrogen-bond donors (Lipinski definition) is 2. The highest BCUT2D eigenvalue weighted by atomic mass is 16.4. The molecule has 0 radical (unpaired) electrons. The van der Waals surface area contributed by atoms with Crippen LogP contribution in [0.4, 0.5) is 4.79 Å². The first-order chi connectivity index (χ1) is 9.13. The second-order valence-corrected chi connectivity index (χ2v) is 4.80. The summed E-state index contributed by atoms with van der Waals surface area (Å²) in [5.41, 5.74) is 0. The van der Waals surface area contributed by atoms with Crippen LogP contribution in [0, 0.1) is 17.8 Å². The van der Waals surface area contributed by atoms with Gasteiger partial charge in [0.1, 0.15) is 0 Å². The number of amides is 2. The van der Waals surface area contributed by atoms with Crippen LogP contribution >= 0.6 is 0 Å². The van der Waals surface area contributed by atoms with Gasteiger partial charge < -0.3 is 15.3 Å². The van der Waals surface area contributed by atoms with E-state index in [-0.39, 0.29) is 12.5 Å². The lowest BCUT2D eigenvalue weighted by atomic mass is 9.93. The van der Waals surface area contributed by atoms with Crippen LogP contribution in [0.3, 0.4) is 0 Å². The number of likely N-dealkylation sites (tertiary alicyclic amines) is 1. The lowest BCUT2D eigenvalue weighted by molar-refractivity contribution is -0.137. The van der Waals surface area contributed by atoms with Crippen LogP contribution in [0.5, 0.6) is 0 Å². The van der Waals surface area contributed by atoms with Crippen molar-refractivity contribution in [2.75, 3.05) is 19.6 Å². The third-order valence-corrected chi connectivity index (χ3v) is 3.28. The molecule has 1 aliphatic rings. The second-order valence-electron chi connectivity index (χ2n) is 4.80. The lowest BCUT2D eigenvalue weighted by Crippen LogP contribution is -2.45. The zero-order valence-corrected chi connectivity index (χ0v) is 11.4. The van der Waals surface area contributed by atoms with Crippen molar-refractivity contribution in [2.24, 2.45) is 5.92 Å². The monoisotopic (exact) mass is 266 g/mol. The van der Waals surface area contributed by atoms with E-state index in [1.165, 1.54) is 0 Å². The van der Waals surface area contributed by atoms with Crippen LogP contribution in [-0.2, 0) is 4.79 Å².